The second-order valence-electron chi connectivity index (χ2n) is 8.61. The van der Waals surface area contributed by atoms with E-state index in [1.807, 2.05) is 48.7 Å². The van der Waals surface area contributed by atoms with Crippen LogP contribution in [-0.4, -0.2) is 72.5 Å². The van der Waals surface area contributed by atoms with Crippen molar-refractivity contribution in [2.45, 2.75) is 36.8 Å². The molecule has 0 bridgehead atoms. The molecule has 1 fully saturated rings. The number of rotatable bonds is 6. The standard InChI is InChI=1S/C26H26N2O7/c29-14-21-23(30)24(31)26(33,25(32)34-21)35-20-5-1-4-19-22(20)18(13-28-19)11-15-6-8-16(9-7-15)17-3-2-10-27-12-17/h1-10,12-13,21,23-25,28-33H,11,14H2/t21-,23-,24+,25+,26+/m1/s1. The Morgan fingerprint density at radius 2 is 1.80 bits per heavy atom. The molecule has 6 N–H and O–H groups in total. The molecule has 5 rings (SSSR count). The first-order valence-corrected chi connectivity index (χ1v) is 11.2. The van der Waals surface area contributed by atoms with Gasteiger partial charge >= 0.3 is 0 Å². The highest BCUT2D eigenvalue weighted by Gasteiger charge is 2.57. The van der Waals surface area contributed by atoms with Gasteiger partial charge in [0.25, 0.3) is 5.79 Å². The molecule has 182 valence electrons. The average Bonchev–Trinajstić information content (AvgIpc) is 3.30. The summed E-state index contributed by atoms with van der Waals surface area (Å²) in [6, 6.07) is 17.1. The van der Waals surface area contributed by atoms with E-state index in [9.17, 15) is 25.5 Å². The van der Waals surface area contributed by atoms with Crippen molar-refractivity contribution in [2.24, 2.45) is 0 Å². The molecule has 0 radical (unpaired) electrons. The van der Waals surface area contributed by atoms with E-state index in [1.54, 1.807) is 24.5 Å². The number of H-pyrrole nitrogens is 1. The Morgan fingerprint density at radius 3 is 2.51 bits per heavy atom. The first kappa shape index (κ1) is 23.4. The molecule has 0 unspecified atom stereocenters. The zero-order chi connectivity index (χ0) is 24.6. The average molecular weight is 479 g/mol. The topological polar surface area (TPSA) is 148 Å². The molecule has 4 aromatic rings. The van der Waals surface area contributed by atoms with E-state index >= 15 is 0 Å². The fourth-order valence-electron chi connectivity index (χ4n) is 4.39. The van der Waals surface area contributed by atoms with Crippen LogP contribution in [0.5, 0.6) is 5.75 Å². The zero-order valence-electron chi connectivity index (χ0n) is 18.7. The largest absolute Gasteiger partial charge is 0.454 e. The Kier molecular flexibility index (Phi) is 6.28. The highest BCUT2D eigenvalue weighted by atomic mass is 16.7. The number of aliphatic hydroxyl groups excluding tert-OH is 4. The third-order valence-electron chi connectivity index (χ3n) is 6.33. The summed E-state index contributed by atoms with van der Waals surface area (Å²) >= 11 is 0. The molecular formula is C26H26N2O7. The van der Waals surface area contributed by atoms with Gasteiger partial charge in [-0.05, 0) is 46.9 Å². The number of benzene rings is 2. The summed E-state index contributed by atoms with van der Waals surface area (Å²) in [7, 11) is 0. The molecule has 3 heterocycles. The summed E-state index contributed by atoms with van der Waals surface area (Å²) in [6.45, 7) is -0.650. The van der Waals surface area contributed by atoms with Crippen LogP contribution in [0.1, 0.15) is 11.1 Å². The Hall–Kier alpha value is -3.31. The van der Waals surface area contributed by atoms with E-state index in [0.717, 1.165) is 27.8 Å². The third kappa shape index (κ3) is 4.30. The number of pyridine rings is 1. The Labute approximate surface area is 200 Å². The minimum absolute atomic E-state index is 0.185. The normalized spacial score (nSPS) is 26.7. The second-order valence-corrected chi connectivity index (χ2v) is 8.61. The molecule has 9 heteroatoms. The van der Waals surface area contributed by atoms with Crippen LogP contribution in [0.4, 0.5) is 0 Å². The predicted molar refractivity (Wildman–Crippen MR) is 126 cm³/mol. The van der Waals surface area contributed by atoms with E-state index < -0.39 is 37.0 Å². The lowest BCUT2D eigenvalue weighted by Gasteiger charge is -2.45. The van der Waals surface area contributed by atoms with Gasteiger partial charge in [0, 0.05) is 29.5 Å². The predicted octanol–water partition coefficient (Wildman–Crippen LogP) is 1.32. The van der Waals surface area contributed by atoms with Gasteiger partial charge in [-0.25, -0.2) is 0 Å². The number of fused-ring (bicyclic) bond motifs is 1. The number of ether oxygens (including phenoxy) is 2. The fraction of sp³-hybridized carbons (Fsp3) is 0.269. The van der Waals surface area contributed by atoms with Crippen LogP contribution < -0.4 is 4.74 Å². The molecule has 0 saturated carbocycles. The van der Waals surface area contributed by atoms with Crippen molar-refractivity contribution in [3.05, 3.63) is 84.3 Å². The number of aliphatic hydroxyl groups is 5. The summed E-state index contributed by atoms with van der Waals surface area (Å²) in [5.41, 5.74) is 4.69. The number of hydrogen-bond acceptors (Lipinski definition) is 8. The lowest BCUT2D eigenvalue weighted by Crippen LogP contribution is -2.69. The van der Waals surface area contributed by atoms with Gasteiger partial charge in [0.15, 0.2) is 6.10 Å². The Morgan fingerprint density at radius 1 is 1.00 bits per heavy atom. The first-order valence-electron chi connectivity index (χ1n) is 11.2. The van der Waals surface area contributed by atoms with Crippen molar-refractivity contribution >= 4 is 10.9 Å². The van der Waals surface area contributed by atoms with Gasteiger partial charge in [-0.15, -0.1) is 0 Å². The van der Waals surface area contributed by atoms with Gasteiger partial charge in [0.2, 0.25) is 6.29 Å². The lowest BCUT2D eigenvalue weighted by molar-refractivity contribution is -0.385. The van der Waals surface area contributed by atoms with Gasteiger partial charge in [0.05, 0.1) is 6.61 Å². The van der Waals surface area contributed by atoms with Gasteiger partial charge in [-0.1, -0.05) is 36.4 Å². The smallest absolute Gasteiger partial charge is 0.288 e. The number of aromatic amines is 1. The van der Waals surface area contributed by atoms with Crippen LogP contribution in [-0.2, 0) is 11.2 Å². The van der Waals surface area contributed by atoms with Crippen molar-refractivity contribution in [3.8, 4) is 16.9 Å². The molecule has 0 aliphatic carbocycles. The van der Waals surface area contributed by atoms with E-state index in [0.29, 0.717) is 11.8 Å². The molecule has 1 aliphatic heterocycles. The summed E-state index contributed by atoms with van der Waals surface area (Å²) in [4.78, 5) is 7.33. The molecule has 9 nitrogen and oxygen atoms in total. The molecular weight excluding hydrogens is 452 g/mol. The molecule has 0 amide bonds. The van der Waals surface area contributed by atoms with Crippen LogP contribution in [0, 0.1) is 0 Å². The highest BCUT2D eigenvalue weighted by molar-refractivity contribution is 5.89. The summed E-state index contributed by atoms with van der Waals surface area (Å²) in [6.07, 6.45) is -0.958. The fourth-order valence-corrected chi connectivity index (χ4v) is 4.39. The van der Waals surface area contributed by atoms with Gasteiger partial charge in [0.1, 0.15) is 18.0 Å². The number of nitrogens with zero attached hydrogens (tertiary/aromatic N) is 1. The Balaban J connectivity index is 1.43. The monoisotopic (exact) mass is 478 g/mol. The number of aromatic nitrogens is 2. The molecule has 2 aromatic carbocycles. The second kappa shape index (κ2) is 9.38. The van der Waals surface area contributed by atoms with Crippen LogP contribution in [0.2, 0.25) is 0 Å². The van der Waals surface area contributed by atoms with Crippen molar-refractivity contribution < 1.29 is 35.0 Å². The molecule has 5 atom stereocenters. The number of nitrogens with one attached hydrogen (secondary N) is 1. The SMILES string of the molecule is OC[C@H]1O[C@H](O)[C@@](O)(Oc2cccc3[nH]cc(Cc4ccc(-c5cccnc5)cc4)c23)[C@@H](O)[C@@H]1O. The summed E-state index contributed by atoms with van der Waals surface area (Å²) < 4.78 is 10.8. The molecule has 0 spiro atoms. The summed E-state index contributed by atoms with van der Waals surface area (Å²) in [5.74, 6) is -2.47. The molecule has 1 saturated heterocycles. The van der Waals surface area contributed by atoms with Crippen LogP contribution in [0.25, 0.3) is 22.0 Å². The number of hydrogen-bond donors (Lipinski definition) is 6. The van der Waals surface area contributed by atoms with Gasteiger partial charge in [-0.2, -0.15) is 0 Å². The van der Waals surface area contributed by atoms with Gasteiger partial charge in [-0.3, -0.25) is 4.98 Å². The maximum Gasteiger partial charge on any atom is 0.288 e. The summed E-state index contributed by atoms with van der Waals surface area (Å²) in [5, 5.41) is 51.9. The van der Waals surface area contributed by atoms with Gasteiger partial charge < -0.3 is 40.0 Å². The highest BCUT2D eigenvalue weighted by Crippen LogP contribution is 2.37. The quantitative estimate of drug-likeness (QED) is 0.227. The Bertz CT molecular complexity index is 1290. The van der Waals surface area contributed by atoms with E-state index in [-0.39, 0.29) is 5.75 Å². The van der Waals surface area contributed by atoms with Crippen LogP contribution in [0.15, 0.2) is 73.2 Å². The first-order chi connectivity index (χ1) is 16.9. The zero-order valence-corrected chi connectivity index (χ0v) is 18.7. The minimum Gasteiger partial charge on any atom is -0.454 e. The molecule has 1 aliphatic rings. The van der Waals surface area contributed by atoms with Crippen molar-refractivity contribution in [2.75, 3.05) is 6.61 Å². The molecule has 2 aromatic heterocycles. The van der Waals surface area contributed by atoms with Crippen molar-refractivity contribution in [1.82, 2.24) is 9.97 Å². The minimum atomic E-state index is -2.65. The van der Waals surface area contributed by atoms with Crippen molar-refractivity contribution in [1.29, 1.82) is 0 Å². The van der Waals surface area contributed by atoms with E-state index in [4.69, 9.17) is 9.47 Å². The lowest BCUT2D eigenvalue weighted by atomic mass is 9.95. The molecule has 35 heavy (non-hydrogen) atoms. The maximum absolute atomic E-state index is 11.0. The maximum atomic E-state index is 11.0. The van der Waals surface area contributed by atoms with Crippen LogP contribution in [0.3, 0.4) is 0 Å². The van der Waals surface area contributed by atoms with E-state index in [1.165, 1.54) is 0 Å². The third-order valence-corrected chi connectivity index (χ3v) is 6.33. The van der Waals surface area contributed by atoms with Crippen LogP contribution >= 0.6 is 0 Å². The van der Waals surface area contributed by atoms with Crippen molar-refractivity contribution in [3.63, 3.8) is 0 Å². The van der Waals surface area contributed by atoms with E-state index in [2.05, 4.69) is 9.97 Å².